The fourth-order valence-corrected chi connectivity index (χ4v) is 4.01. The second-order valence-electron chi connectivity index (χ2n) is 5.89. The summed E-state index contributed by atoms with van der Waals surface area (Å²) < 4.78 is 0. The zero-order chi connectivity index (χ0) is 19.0. The van der Waals surface area contributed by atoms with E-state index in [9.17, 15) is 4.79 Å². The Morgan fingerprint density at radius 2 is 1.96 bits per heavy atom. The van der Waals surface area contributed by atoms with Crippen molar-refractivity contribution in [3.8, 4) is 11.3 Å². The molecule has 0 fully saturated rings. The van der Waals surface area contributed by atoms with Crippen LogP contribution in [-0.2, 0) is 0 Å². The number of carbonyl (C=O) groups excluding carboxylic acids is 1. The van der Waals surface area contributed by atoms with Crippen LogP contribution in [0.25, 0.3) is 22.2 Å². The SMILES string of the molecule is Cc1c(-c2ccc(Cl)cc2Cl)nc2ccccc2c1C(=O)Nc1nccs1. The number of hydrogen-bond donors (Lipinski definition) is 1. The first kappa shape index (κ1) is 17.9. The van der Waals surface area contributed by atoms with E-state index in [2.05, 4.69) is 10.3 Å². The van der Waals surface area contributed by atoms with Crippen LogP contribution < -0.4 is 5.32 Å². The summed E-state index contributed by atoms with van der Waals surface area (Å²) in [4.78, 5) is 21.9. The van der Waals surface area contributed by atoms with Gasteiger partial charge in [0.05, 0.1) is 21.8 Å². The van der Waals surface area contributed by atoms with Gasteiger partial charge < -0.3 is 0 Å². The van der Waals surface area contributed by atoms with Gasteiger partial charge in [0.15, 0.2) is 5.13 Å². The van der Waals surface area contributed by atoms with Crippen LogP contribution in [-0.4, -0.2) is 15.9 Å². The van der Waals surface area contributed by atoms with Crippen molar-refractivity contribution in [3.63, 3.8) is 0 Å². The molecule has 27 heavy (non-hydrogen) atoms. The minimum Gasteiger partial charge on any atom is -0.298 e. The van der Waals surface area contributed by atoms with Crippen LogP contribution in [0.2, 0.25) is 10.0 Å². The molecule has 4 aromatic rings. The van der Waals surface area contributed by atoms with Crippen molar-refractivity contribution in [3.05, 3.63) is 75.2 Å². The Bertz CT molecular complexity index is 1160. The number of fused-ring (bicyclic) bond motifs is 1. The Balaban J connectivity index is 1.94. The fourth-order valence-electron chi connectivity index (χ4n) is 2.99. The molecule has 0 saturated heterocycles. The second-order valence-corrected chi connectivity index (χ2v) is 7.63. The molecule has 134 valence electrons. The number of nitrogens with one attached hydrogen (secondary N) is 1. The number of aromatic nitrogens is 2. The maximum Gasteiger partial charge on any atom is 0.258 e. The lowest BCUT2D eigenvalue weighted by molar-refractivity contribution is 0.102. The number of thiazole rings is 1. The van der Waals surface area contributed by atoms with Gasteiger partial charge in [0.1, 0.15) is 0 Å². The summed E-state index contributed by atoms with van der Waals surface area (Å²) in [7, 11) is 0. The molecule has 0 unspecified atom stereocenters. The van der Waals surface area contributed by atoms with Crippen LogP contribution in [0.15, 0.2) is 54.0 Å². The van der Waals surface area contributed by atoms with Crippen molar-refractivity contribution in [1.29, 1.82) is 0 Å². The van der Waals surface area contributed by atoms with Crippen LogP contribution in [0.3, 0.4) is 0 Å². The Labute approximate surface area is 169 Å². The lowest BCUT2D eigenvalue weighted by atomic mass is 9.97. The van der Waals surface area contributed by atoms with Crippen LogP contribution in [0.4, 0.5) is 5.13 Å². The van der Waals surface area contributed by atoms with Gasteiger partial charge in [-0.3, -0.25) is 10.1 Å². The predicted octanol–water partition coefficient (Wildman–Crippen LogP) is 6.23. The average Bonchev–Trinajstić information content (AvgIpc) is 3.14. The number of nitrogens with zero attached hydrogens (tertiary/aromatic N) is 2. The Kier molecular flexibility index (Phi) is 4.83. The minimum absolute atomic E-state index is 0.229. The number of amides is 1. The number of carbonyl (C=O) groups is 1. The monoisotopic (exact) mass is 413 g/mol. The summed E-state index contributed by atoms with van der Waals surface area (Å²) in [6.45, 7) is 1.87. The van der Waals surface area contributed by atoms with Gasteiger partial charge in [-0.15, -0.1) is 11.3 Å². The molecule has 1 amide bonds. The minimum atomic E-state index is -0.229. The Hall–Kier alpha value is -2.47. The smallest absolute Gasteiger partial charge is 0.258 e. The number of rotatable bonds is 3. The maximum absolute atomic E-state index is 13.0. The molecule has 0 bridgehead atoms. The van der Waals surface area contributed by atoms with Gasteiger partial charge in [-0.1, -0.05) is 41.4 Å². The number of anilines is 1. The first-order chi connectivity index (χ1) is 13.0. The van der Waals surface area contributed by atoms with E-state index in [1.54, 1.807) is 18.3 Å². The second kappa shape index (κ2) is 7.27. The Morgan fingerprint density at radius 1 is 1.15 bits per heavy atom. The summed E-state index contributed by atoms with van der Waals surface area (Å²) in [6.07, 6.45) is 1.65. The van der Waals surface area contributed by atoms with E-state index in [1.807, 2.05) is 42.6 Å². The van der Waals surface area contributed by atoms with Crippen molar-refractivity contribution in [1.82, 2.24) is 9.97 Å². The van der Waals surface area contributed by atoms with Crippen LogP contribution in [0.5, 0.6) is 0 Å². The fraction of sp³-hybridized carbons (Fsp3) is 0.0500. The summed E-state index contributed by atoms with van der Waals surface area (Å²) in [5.74, 6) is -0.229. The van der Waals surface area contributed by atoms with Gasteiger partial charge in [0, 0.05) is 27.5 Å². The van der Waals surface area contributed by atoms with Gasteiger partial charge in [0.25, 0.3) is 5.91 Å². The number of halogens is 2. The van der Waals surface area contributed by atoms with Crippen LogP contribution in [0.1, 0.15) is 15.9 Å². The van der Waals surface area contributed by atoms with E-state index >= 15 is 0 Å². The van der Waals surface area contributed by atoms with E-state index in [4.69, 9.17) is 28.2 Å². The molecule has 0 saturated carbocycles. The first-order valence-electron chi connectivity index (χ1n) is 8.10. The molecule has 2 aromatic heterocycles. The summed E-state index contributed by atoms with van der Waals surface area (Å²) in [6, 6.07) is 12.8. The highest BCUT2D eigenvalue weighted by Gasteiger charge is 2.20. The third-order valence-electron chi connectivity index (χ3n) is 4.20. The van der Waals surface area contributed by atoms with Crippen molar-refractivity contribution < 1.29 is 4.79 Å². The zero-order valence-corrected chi connectivity index (χ0v) is 16.5. The van der Waals surface area contributed by atoms with E-state index in [0.717, 1.165) is 16.5 Å². The first-order valence-corrected chi connectivity index (χ1v) is 9.74. The highest BCUT2D eigenvalue weighted by molar-refractivity contribution is 7.13. The van der Waals surface area contributed by atoms with Crippen LogP contribution in [0, 0.1) is 6.92 Å². The van der Waals surface area contributed by atoms with E-state index in [-0.39, 0.29) is 5.91 Å². The summed E-state index contributed by atoms with van der Waals surface area (Å²) >= 11 is 13.8. The largest absolute Gasteiger partial charge is 0.298 e. The van der Waals surface area contributed by atoms with Crippen molar-refractivity contribution in [2.45, 2.75) is 6.92 Å². The highest BCUT2D eigenvalue weighted by atomic mass is 35.5. The normalized spacial score (nSPS) is 10.9. The Morgan fingerprint density at radius 3 is 2.70 bits per heavy atom. The summed E-state index contributed by atoms with van der Waals surface area (Å²) in [5.41, 5.74) is 3.39. The molecule has 0 aliphatic rings. The molecule has 0 aliphatic carbocycles. The van der Waals surface area contributed by atoms with Crippen LogP contribution >= 0.6 is 34.5 Å². The third kappa shape index (κ3) is 3.41. The lowest BCUT2D eigenvalue weighted by Gasteiger charge is -2.15. The molecule has 0 spiro atoms. The van der Waals surface area contributed by atoms with Gasteiger partial charge in [-0.05, 0) is 36.8 Å². The van der Waals surface area contributed by atoms with Gasteiger partial charge in [-0.25, -0.2) is 9.97 Å². The quantitative estimate of drug-likeness (QED) is 0.433. The lowest BCUT2D eigenvalue weighted by Crippen LogP contribution is -2.15. The predicted molar refractivity (Wildman–Crippen MR) is 112 cm³/mol. The molecule has 0 aliphatic heterocycles. The van der Waals surface area contributed by atoms with E-state index in [1.165, 1.54) is 11.3 Å². The van der Waals surface area contributed by atoms with Crippen molar-refractivity contribution in [2.24, 2.45) is 0 Å². The molecule has 2 heterocycles. The summed E-state index contributed by atoms with van der Waals surface area (Å²) in [5, 5.41) is 7.03. The van der Waals surface area contributed by atoms with Crippen molar-refractivity contribution >= 4 is 56.5 Å². The van der Waals surface area contributed by atoms with Crippen molar-refractivity contribution in [2.75, 3.05) is 5.32 Å². The zero-order valence-electron chi connectivity index (χ0n) is 14.2. The van der Waals surface area contributed by atoms with E-state index < -0.39 is 0 Å². The number of para-hydroxylation sites is 1. The van der Waals surface area contributed by atoms with Gasteiger partial charge >= 0.3 is 0 Å². The van der Waals surface area contributed by atoms with Gasteiger partial charge in [-0.2, -0.15) is 0 Å². The molecule has 1 N–H and O–H groups in total. The average molecular weight is 414 g/mol. The molecule has 0 radical (unpaired) electrons. The molecule has 7 heteroatoms. The standard InChI is InChI=1S/C20H13Cl2N3OS/c1-11-17(19(26)25-20-23-8-9-27-20)14-4-2-3-5-16(14)24-18(11)13-7-6-12(21)10-15(13)22/h2-10H,1H3,(H,23,25,26). The molecule has 2 aromatic carbocycles. The molecule has 0 atom stereocenters. The number of benzene rings is 2. The van der Waals surface area contributed by atoms with E-state index in [0.29, 0.717) is 32.0 Å². The highest BCUT2D eigenvalue weighted by Crippen LogP contribution is 2.35. The molecule has 4 rings (SSSR count). The molecular formula is C20H13Cl2N3OS. The maximum atomic E-state index is 13.0. The number of hydrogen-bond acceptors (Lipinski definition) is 4. The van der Waals surface area contributed by atoms with Gasteiger partial charge in [0.2, 0.25) is 0 Å². The number of pyridine rings is 1. The topological polar surface area (TPSA) is 54.9 Å². The molecular weight excluding hydrogens is 401 g/mol. The molecule has 4 nitrogen and oxygen atoms in total. The third-order valence-corrected chi connectivity index (χ3v) is 5.44.